The number of hydrazine groups is 1. The third-order valence-electron chi connectivity index (χ3n) is 10.1. The minimum atomic E-state index is -0.311. The lowest BCUT2D eigenvalue weighted by Gasteiger charge is -2.45. The number of carbonyl (C=O) groups is 1. The minimum absolute atomic E-state index is 0.0971. The van der Waals surface area contributed by atoms with E-state index in [4.69, 9.17) is 4.74 Å². The number of anilines is 3. The fraction of sp³-hybridized carbons (Fsp3) is 0.429. The summed E-state index contributed by atoms with van der Waals surface area (Å²) in [4.78, 5) is 41.2. The molecule has 0 atom stereocenters. The van der Waals surface area contributed by atoms with Gasteiger partial charge in [0, 0.05) is 81.7 Å². The third kappa shape index (κ3) is 5.25. The number of nitrogens with zero attached hydrogens (tertiary/aromatic N) is 8. The Bertz CT molecular complexity index is 1860. The van der Waals surface area contributed by atoms with E-state index in [-0.39, 0.29) is 18.1 Å². The zero-order valence-electron chi connectivity index (χ0n) is 26.7. The molecule has 1 N–H and O–H groups in total. The molecule has 2 saturated heterocycles. The summed E-state index contributed by atoms with van der Waals surface area (Å²) in [5.41, 5.74) is 5.57. The fourth-order valence-corrected chi connectivity index (χ4v) is 7.58. The number of pyridine rings is 3. The molecule has 1 amide bonds. The Hall–Kier alpha value is -4.36. The zero-order chi connectivity index (χ0) is 32.1. The molecule has 2 fully saturated rings. The molecule has 12 nitrogen and oxygen atoms in total. The third-order valence-corrected chi connectivity index (χ3v) is 10.1. The molecule has 244 valence electrons. The first-order valence-electron chi connectivity index (χ1n) is 16.6. The van der Waals surface area contributed by atoms with Crippen LogP contribution in [0.4, 0.5) is 17.3 Å². The number of ether oxygens (including phenoxy) is 1. The maximum atomic E-state index is 13.9. The SMILES string of the molecule is Cn1cc(-c2ccnc(N3CCn4c(cc5c4CCCC5)C3=O)c2CO)cc(N(c2ccccn2)N2CCN(C3COC3)CC2)c1=O. The molecule has 0 radical (unpaired) electrons. The Morgan fingerprint density at radius 3 is 2.53 bits per heavy atom. The van der Waals surface area contributed by atoms with Crippen LogP contribution in [0.1, 0.15) is 40.2 Å². The molecule has 0 unspecified atom stereocenters. The molecule has 0 saturated carbocycles. The van der Waals surface area contributed by atoms with Gasteiger partial charge in [0.15, 0.2) is 0 Å². The minimum Gasteiger partial charge on any atom is -0.392 e. The van der Waals surface area contributed by atoms with Gasteiger partial charge < -0.3 is 19.0 Å². The Kier molecular flexibility index (Phi) is 7.88. The van der Waals surface area contributed by atoms with Crippen molar-refractivity contribution in [3.8, 4) is 11.1 Å². The van der Waals surface area contributed by atoms with E-state index in [1.165, 1.54) is 11.3 Å². The highest BCUT2D eigenvalue weighted by atomic mass is 16.5. The van der Waals surface area contributed by atoms with E-state index in [2.05, 4.69) is 30.5 Å². The number of hydrogen-bond acceptors (Lipinski definition) is 9. The van der Waals surface area contributed by atoms with Gasteiger partial charge >= 0.3 is 0 Å². The lowest BCUT2D eigenvalue weighted by molar-refractivity contribution is -0.0769. The number of fused-ring (bicyclic) bond motifs is 3. The first-order valence-corrected chi connectivity index (χ1v) is 16.6. The summed E-state index contributed by atoms with van der Waals surface area (Å²) < 4.78 is 9.18. The number of amides is 1. The number of rotatable bonds is 7. The highest BCUT2D eigenvalue weighted by Gasteiger charge is 2.34. The second-order valence-electron chi connectivity index (χ2n) is 12.8. The number of hydrogen-bond donors (Lipinski definition) is 1. The van der Waals surface area contributed by atoms with Crippen LogP contribution in [0, 0.1) is 0 Å². The maximum Gasteiger partial charge on any atom is 0.276 e. The lowest BCUT2D eigenvalue weighted by Crippen LogP contribution is -2.59. The molecule has 47 heavy (non-hydrogen) atoms. The molecule has 8 rings (SSSR count). The van der Waals surface area contributed by atoms with Crippen molar-refractivity contribution in [1.29, 1.82) is 0 Å². The van der Waals surface area contributed by atoms with Gasteiger partial charge in [-0.25, -0.2) is 15.0 Å². The van der Waals surface area contributed by atoms with Crippen LogP contribution in [-0.4, -0.2) is 92.0 Å². The lowest BCUT2D eigenvalue weighted by atomic mass is 9.98. The number of aryl methyl sites for hydroxylation is 2. The molecule has 0 spiro atoms. The molecule has 0 aromatic carbocycles. The van der Waals surface area contributed by atoms with Gasteiger partial charge in [0.25, 0.3) is 11.5 Å². The van der Waals surface area contributed by atoms with Gasteiger partial charge in [0.1, 0.15) is 23.0 Å². The van der Waals surface area contributed by atoms with Gasteiger partial charge in [-0.15, -0.1) is 0 Å². The summed E-state index contributed by atoms with van der Waals surface area (Å²) in [5, 5.41) is 14.9. The second-order valence-corrected chi connectivity index (χ2v) is 12.8. The van der Waals surface area contributed by atoms with Crippen LogP contribution in [0.2, 0.25) is 0 Å². The van der Waals surface area contributed by atoms with Crippen LogP contribution in [0.25, 0.3) is 11.1 Å². The number of piperazine rings is 1. The molecule has 4 aromatic heterocycles. The Labute approximate surface area is 273 Å². The van der Waals surface area contributed by atoms with E-state index >= 15 is 0 Å². The van der Waals surface area contributed by atoms with E-state index in [9.17, 15) is 14.7 Å². The zero-order valence-corrected chi connectivity index (χ0v) is 26.7. The molecule has 4 aromatic rings. The smallest absolute Gasteiger partial charge is 0.276 e. The summed E-state index contributed by atoms with van der Waals surface area (Å²) in [6, 6.07) is 11.9. The predicted molar refractivity (Wildman–Crippen MR) is 178 cm³/mol. The molecular formula is C35H40N8O4. The number of carbonyl (C=O) groups excluding carboxylic acids is 1. The average molecular weight is 637 g/mol. The van der Waals surface area contributed by atoms with Crippen molar-refractivity contribution >= 4 is 23.2 Å². The van der Waals surface area contributed by atoms with Crippen LogP contribution >= 0.6 is 0 Å². The molecule has 1 aliphatic carbocycles. The normalized spacial score (nSPS) is 18.9. The van der Waals surface area contributed by atoms with E-state index < -0.39 is 0 Å². The van der Waals surface area contributed by atoms with Gasteiger partial charge in [-0.05, 0) is 67.1 Å². The maximum absolute atomic E-state index is 13.9. The summed E-state index contributed by atoms with van der Waals surface area (Å²) in [7, 11) is 1.74. The largest absolute Gasteiger partial charge is 0.392 e. The van der Waals surface area contributed by atoms with Crippen LogP contribution in [0.5, 0.6) is 0 Å². The van der Waals surface area contributed by atoms with Crippen molar-refractivity contribution in [2.24, 2.45) is 7.05 Å². The summed E-state index contributed by atoms with van der Waals surface area (Å²) in [5.74, 6) is 1.01. The van der Waals surface area contributed by atoms with Crippen molar-refractivity contribution in [1.82, 2.24) is 29.0 Å². The highest BCUT2D eigenvalue weighted by molar-refractivity contribution is 6.06. The van der Waals surface area contributed by atoms with E-state index in [1.54, 1.807) is 35.1 Å². The number of aliphatic hydroxyl groups excluding tert-OH is 1. The number of aromatic nitrogens is 4. The summed E-state index contributed by atoms with van der Waals surface area (Å²) >= 11 is 0. The van der Waals surface area contributed by atoms with Crippen molar-refractivity contribution in [3.05, 3.63) is 87.9 Å². The van der Waals surface area contributed by atoms with Crippen molar-refractivity contribution in [3.63, 3.8) is 0 Å². The van der Waals surface area contributed by atoms with Crippen molar-refractivity contribution in [2.75, 3.05) is 55.8 Å². The quantitative estimate of drug-likeness (QED) is 0.327. The Morgan fingerprint density at radius 2 is 1.79 bits per heavy atom. The highest BCUT2D eigenvalue weighted by Crippen LogP contribution is 2.35. The van der Waals surface area contributed by atoms with Gasteiger partial charge in [0.2, 0.25) is 0 Å². The summed E-state index contributed by atoms with van der Waals surface area (Å²) in [6.45, 7) is 5.56. The summed E-state index contributed by atoms with van der Waals surface area (Å²) in [6.07, 6.45) is 9.52. The van der Waals surface area contributed by atoms with Crippen LogP contribution < -0.4 is 15.5 Å². The molecule has 7 heterocycles. The molecule has 12 heteroatoms. The van der Waals surface area contributed by atoms with E-state index in [1.807, 2.05) is 35.3 Å². The number of aliphatic hydroxyl groups is 1. The Balaban J connectivity index is 1.17. The van der Waals surface area contributed by atoms with Crippen molar-refractivity contribution < 1.29 is 14.6 Å². The molecular weight excluding hydrogens is 596 g/mol. The predicted octanol–water partition coefficient (Wildman–Crippen LogP) is 2.74. The first-order chi connectivity index (χ1) is 23.0. The van der Waals surface area contributed by atoms with Gasteiger partial charge in [0.05, 0.1) is 25.9 Å². The van der Waals surface area contributed by atoms with E-state index in [0.717, 1.165) is 76.2 Å². The topological polar surface area (TPSA) is 112 Å². The first kappa shape index (κ1) is 30.0. The standard InChI is InChI=1S/C35H40N8O4/c1-38-20-25(19-31(34(38)45)43(32-8-4-5-10-36-32)40-14-12-39(13-15-40)26-22-47-23-26)27-9-11-37-33(28(27)21-44)42-17-16-41-29-7-3-2-6-24(29)18-30(41)35(42)46/h4-5,8-11,18-20,26,44H,2-3,6-7,12-17,21-23H2,1H3. The van der Waals surface area contributed by atoms with E-state index in [0.29, 0.717) is 47.7 Å². The molecule has 0 bridgehead atoms. The van der Waals surface area contributed by atoms with Gasteiger partial charge in [-0.1, -0.05) is 6.07 Å². The second kappa shape index (κ2) is 12.3. The van der Waals surface area contributed by atoms with Gasteiger partial charge in [-0.3, -0.25) is 24.4 Å². The molecule has 4 aliphatic rings. The Morgan fingerprint density at radius 1 is 0.957 bits per heavy atom. The van der Waals surface area contributed by atoms with Crippen LogP contribution in [0.15, 0.2) is 59.8 Å². The van der Waals surface area contributed by atoms with Crippen molar-refractivity contribution in [2.45, 2.75) is 44.9 Å². The molecule has 3 aliphatic heterocycles. The monoisotopic (exact) mass is 636 g/mol. The van der Waals surface area contributed by atoms with Crippen LogP contribution in [-0.2, 0) is 37.8 Å². The average Bonchev–Trinajstić information content (AvgIpc) is 3.47. The van der Waals surface area contributed by atoms with Crippen LogP contribution in [0.3, 0.4) is 0 Å². The fourth-order valence-electron chi connectivity index (χ4n) is 7.58. The van der Waals surface area contributed by atoms with Gasteiger partial charge in [-0.2, -0.15) is 0 Å².